The Morgan fingerprint density at radius 2 is 2.10 bits per heavy atom. The monoisotopic (exact) mass is 149 g/mol. The minimum atomic E-state index is -1.46. The summed E-state index contributed by atoms with van der Waals surface area (Å²) in [6.07, 6.45) is -1.00. The van der Waals surface area contributed by atoms with Crippen molar-refractivity contribution in [2.45, 2.75) is 25.2 Å². The molecule has 60 valence electrons. The van der Waals surface area contributed by atoms with Crippen molar-refractivity contribution in [3.8, 4) is 0 Å². The van der Waals surface area contributed by atoms with Gasteiger partial charge in [-0.25, -0.2) is 0 Å². The average molecular weight is 149 g/mol. The number of nitrogens with two attached hydrogens (primary N) is 1. The third kappa shape index (κ3) is 4.25. The van der Waals surface area contributed by atoms with Crippen molar-refractivity contribution in [1.82, 2.24) is 0 Å². The van der Waals surface area contributed by atoms with Gasteiger partial charge in [0.2, 0.25) is 12.2 Å². The first-order valence-corrected chi connectivity index (χ1v) is 3.01. The third-order valence-corrected chi connectivity index (χ3v) is 1.18. The number of amides is 1. The molecule has 0 bridgehead atoms. The molecule has 0 fully saturated rings. The maximum Gasteiger partial charge on any atom is 0.217 e. The molecule has 1 amide bonds. The van der Waals surface area contributed by atoms with E-state index < -0.39 is 18.2 Å². The minimum absolute atomic E-state index is 0.145. The second-order valence-corrected chi connectivity index (χ2v) is 2.18. The number of aliphatic hydroxyl groups excluding tert-OH is 1. The smallest absolute Gasteiger partial charge is 0.217 e. The van der Waals surface area contributed by atoms with Gasteiger partial charge in [-0.05, 0) is 0 Å². The second kappa shape index (κ2) is 4.21. The van der Waals surface area contributed by atoms with Crippen molar-refractivity contribution in [1.29, 1.82) is 0 Å². The van der Waals surface area contributed by atoms with Crippen molar-refractivity contribution < 1.29 is 20.7 Å². The highest BCUT2D eigenvalue weighted by Crippen LogP contribution is 1.94. The average Bonchev–Trinajstić information content (AvgIpc) is 1.82. The highest BCUT2D eigenvalue weighted by atomic mass is 16.5. The quantitative estimate of drug-likeness (QED) is 0.323. The van der Waals surface area contributed by atoms with Gasteiger partial charge in [0, 0.05) is 12.8 Å². The van der Waals surface area contributed by atoms with Crippen LogP contribution in [-0.2, 0) is 4.79 Å². The summed E-state index contributed by atoms with van der Waals surface area (Å²) in [6, 6.07) is -0.535. The molecule has 0 radical (unpaired) electrons. The molecule has 0 aromatic rings. The molecule has 0 saturated carbocycles. The zero-order valence-corrected chi connectivity index (χ0v) is 5.66. The summed E-state index contributed by atoms with van der Waals surface area (Å²) in [7, 11) is 0. The van der Waals surface area contributed by atoms with Crippen LogP contribution in [0.1, 0.15) is 12.8 Å². The molecule has 0 rings (SSSR count). The van der Waals surface area contributed by atoms with E-state index in [2.05, 4.69) is 5.73 Å². The first-order valence-electron chi connectivity index (χ1n) is 3.01. The van der Waals surface area contributed by atoms with E-state index in [1.807, 2.05) is 0 Å². The van der Waals surface area contributed by atoms with E-state index in [1.54, 1.807) is 0 Å². The Labute approximate surface area is 58.6 Å². The van der Waals surface area contributed by atoms with Crippen molar-refractivity contribution in [2.24, 2.45) is 5.73 Å². The number of primary amides is 1. The molecule has 0 aliphatic rings. The van der Waals surface area contributed by atoms with Crippen LogP contribution in [0.25, 0.3) is 0 Å². The molecule has 5 nitrogen and oxygen atoms in total. The molecular weight excluding hydrogens is 136 g/mol. The Kier molecular flexibility index (Phi) is 3.94. The maximum atomic E-state index is 10.2. The van der Waals surface area contributed by atoms with Gasteiger partial charge in [0.15, 0.2) is 0 Å². The van der Waals surface area contributed by atoms with Crippen LogP contribution >= 0.6 is 0 Å². The molecule has 0 aromatic heterocycles. The number of carbonyl (C=O) groups is 1. The fraction of sp³-hybridized carbons (Fsp3) is 0.800. The molecule has 1 atom stereocenters. The van der Waals surface area contributed by atoms with Gasteiger partial charge in [-0.3, -0.25) is 4.79 Å². The second-order valence-electron chi connectivity index (χ2n) is 2.18. The topological polar surface area (TPSA) is 111 Å². The number of hydrogen-bond donors (Lipinski definition) is 4. The molecule has 1 unspecified atom stereocenters. The molecule has 0 spiro atoms. The van der Waals surface area contributed by atoms with E-state index in [-0.39, 0.29) is 6.42 Å². The molecule has 0 heterocycles. The van der Waals surface area contributed by atoms with Crippen LogP contribution in [-0.4, -0.2) is 28.5 Å². The molecule has 10 heavy (non-hydrogen) atoms. The fourth-order valence-corrected chi connectivity index (χ4v) is 0.477. The summed E-state index contributed by atoms with van der Waals surface area (Å²) in [5, 5.41) is 16.9. The van der Waals surface area contributed by atoms with Crippen LogP contribution < -0.4 is 11.5 Å². The van der Waals surface area contributed by atoms with Crippen LogP contribution in [0.4, 0.5) is 0 Å². The largest absolute Gasteiger partial charge is 0.370 e. The first kappa shape index (κ1) is 9.35. The fourth-order valence-electron chi connectivity index (χ4n) is 0.477. The van der Waals surface area contributed by atoms with Gasteiger partial charge >= 0.3 is 0 Å². The van der Waals surface area contributed by atoms with Gasteiger partial charge < -0.3 is 21.7 Å². The SMILES string of the molecule is NC(=O)CCC([NH3+])C(O)O. The van der Waals surface area contributed by atoms with Crippen molar-refractivity contribution in [3.63, 3.8) is 0 Å². The summed E-state index contributed by atoms with van der Waals surface area (Å²) in [6.45, 7) is 0. The van der Waals surface area contributed by atoms with E-state index in [0.29, 0.717) is 6.42 Å². The van der Waals surface area contributed by atoms with Gasteiger partial charge in [0.25, 0.3) is 0 Å². The van der Waals surface area contributed by atoms with E-state index >= 15 is 0 Å². The number of carbonyl (C=O) groups excluding carboxylic acids is 1. The number of rotatable bonds is 4. The zero-order chi connectivity index (χ0) is 8.15. The Morgan fingerprint density at radius 1 is 1.60 bits per heavy atom. The van der Waals surface area contributed by atoms with E-state index in [9.17, 15) is 4.79 Å². The number of hydrogen-bond acceptors (Lipinski definition) is 3. The van der Waals surface area contributed by atoms with Gasteiger partial charge in [-0.2, -0.15) is 0 Å². The zero-order valence-electron chi connectivity index (χ0n) is 5.66. The van der Waals surface area contributed by atoms with Crippen LogP contribution in [0.15, 0.2) is 0 Å². The normalized spacial score (nSPS) is 13.6. The Hall–Kier alpha value is -0.650. The summed E-state index contributed by atoms with van der Waals surface area (Å²) in [4.78, 5) is 10.2. The molecule has 7 N–H and O–H groups in total. The maximum absolute atomic E-state index is 10.2. The predicted octanol–water partition coefficient (Wildman–Crippen LogP) is -2.83. The van der Waals surface area contributed by atoms with Crippen LogP contribution in [0, 0.1) is 0 Å². The standard InChI is InChI=1S/C5H12N2O3/c6-3(5(9)10)1-2-4(7)8/h3,5,9-10H,1-2,6H2,(H2,7,8)/p+1. The lowest BCUT2D eigenvalue weighted by molar-refractivity contribution is -0.457. The van der Waals surface area contributed by atoms with Crippen molar-refractivity contribution in [2.75, 3.05) is 0 Å². The molecule has 0 aliphatic heterocycles. The molecule has 0 aliphatic carbocycles. The summed E-state index contributed by atoms with van der Waals surface area (Å²) >= 11 is 0. The van der Waals surface area contributed by atoms with Crippen LogP contribution in [0.3, 0.4) is 0 Å². The van der Waals surface area contributed by atoms with E-state index in [1.165, 1.54) is 0 Å². The lowest BCUT2D eigenvalue weighted by Gasteiger charge is -2.07. The third-order valence-electron chi connectivity index (χ3n) is 1.18. The van der Waals surface area contributed by atoms with Gasteiger partial charge in [0.1, 0.15) is 6.04 Å². The number of quaternary nitrogens is 1. The number of aliphatic hydroxyl groups is 2. The van der Waals surface area contributed by atoms with Gasteiger partial charge in [-0.1, -0.05) is 0 Å². The Balaban J connectivity index is 3.39. The summed E-state index contributed by atoms with van der Waals surface area (Å²) < 4.78 is 0. The lowest BCUT2D eigenvalue weighted by atomic mass is 10.1. The minimum Gasteiger partial charge on any atom is -0.370 e. The Bertz CT molecular complexity index is 115. The van der Waals surface area contributed by atoms with Gasteiger partial charge in [0.05, 0.1) is 0 Å². The van der Waals surface area contributed by atoms with Crippen molar-refractivity contribution in [3.05, 3.63) is 0 Å². The molecular formula is C5H13N2O3+. The van der Waals surface area contributed by atoms with Crippen LogP contribution in [0.5, 0.6) is 0 Å². The highest BCUT2D eigenvalue weighted by molar-refractivity contribution is 5.73. The van der Waals surface area contributed by atoms with Crippen molar-refractivity contribution >= 4 is 5.91 Å². The van der Waals surface area contributed by atoms with E-state index in [0.717, 1.165) is 0 Å². The summed E-state index contributed by atoms with van der Waals surface area (Å²) in [5.74, 6) is -0.450. The lowest BCUT2D eigenvalue weighted by Crippen LogP contribution is -2.66. The molecule has 0 saturated heterocycles. The summed E-state index contributed by atoms with van der Waals surface area (Å²) in [5.41, 5.74) is 8.21. The van der Waals surface area contributed by atoms with E-state index in [4.69, 9.17) is 15.9 Å². The first-order chi connectivity index (χ1) is 4.54. The molecule has 0 aromatic carbocycles. The van der Waals surface area contributed by atoms with Crippen LogP contribution in [0.2, 0.25) is 0 Å². The Morgan fingerprint density at radius 3 is 2.40 bits per heavy atom. The van der Waals surface area contributed by atoms with Gasteiger partial charge in [-0.15, -0.1) is 0 Å². The molecule has 5 heteroatoms. The highest BCUT2D eigenvalue weighted by Gasteiger charge is 2.14. The predicted molar refractivity (Wildman–Crippen MR) is 33.3 cm³/mol.